The molecule has 1 heterocycles. The minimum Gasteiger partial charge on any atom is -0.370 e. The molecule has 2 N–H and O–H groups in total. The molecule has 1 saturated heterocycles. The number of carbonyl (C=O) groups is 1. The number of carbonyl (C=O) groups excluding carboxylic acids is 1. The predicted octanol–water partition coefficient (Wildman–Crippen LogP) is 2.91. The number of halogens is 2. The number of hydrogen-bond donors (Lipinski definition) is 1. The molecule has 1 atom stereocenters. The minimum absolute atomic E-state index is 0. The van der Waals surface area contributed by atoms with E-state index in [1.807, 2.05) is 13.8 Å². The lowest BCUT2D eigenvalue weighted by molar-refractivity contribution is -0.150. The highest BCUT2D eigenvalue weighted by Crippen LogP contribution is 2.31. The Hall–Kier alpha value is -1.17. The van der Waals surface area contributed by atoms with E-state index in [1.54, 1.807) is 23.1 Å². The van der Waals surface area contributed by atoms with Crippen LogP contribution in [0.25, 0.3) is 0 Å². The van der Waals surface area contributed by atoms with Crippen LogP contribution in [0.15, 0.2) is 24.3 Å². The summed E-state index contributed by atoms with van der Waals surface area (Å²) in [4.78, 5) is 14.7. The first-order chi connectivity index (χ1) is 10.6. The zero-order valence-electron chi connectivity index (χ0n) is 13.8. The van der Waals surface area contributed by atoms with Crippen molar-refractivity contribution in [1.29, 1.82) is 0 Å². The van der Waals surface area contributed by atoms with E-state index in [0.717, 1.165) is 0 Å². The van der Waals surface area contributed by atoms with Crippen molar-refractivity contribution >= 4 is 18.3 Å². The van der Waals surface area contributed by atoms with E-state index in [9.17, 15) is 9.18 Å². The van der Waals surface area contributed by atoms with Gasteiger partial charge in [0.1, 0.15) is 11.9 Å². The summed E-state index contributed by atoms with van der Waals surface area (Å²) in [5, 5.41) is 0. The van der Waals surface area contributed by atoms with E-state index in [-0.39, 0.29) is 24.1 Å². The lowest BCUT2D eigenvalue weighted by Gasteiger charge is -2.39. The van der Waals surface area contributed by atoms with Gasteiger partial charge in [0, 0.05) is 18.7 Å². The van der Waals surface area contributed by atoms with Gasteiger partial charge >= 0.3 is 0 Å². The molecule has 0 aliphatic carbocycles. The van der Waals surface area contributed by atoms with Gasteiger partial charge in [-0.05, 0) is 18.9 Å². The van der Waals surface area contributed by atoms with Crippen LogP contribution in [-0.2, 0) is 9.53 Å². The topological polar surface area (TPSA) is 55.6 Å². The first-order valence-electron chi connectivity index (χ1n) is 7.93. The number of ether oxygens (including phenoxy) is 1. The largest absolute Gasteiger partial charge is 0.370 e. The maximum atomic E-state index is 13.9. The molecule has 0 spiro atoms. The lowest BCUT2D eigenvalue weighted by atomic mass is 9.80. The quantitative estimate of drug-likeness (QED) is 0.893. The second-order valence-corrected chi connectivity index (χ2v) is 5.82. The summed E-state index contributed by atoms with van der Waals surface area (Å²) in [7, 11) is 0. The minimum atomic E-state index is -0.517. The highest BCUT2D eigenvalue weighted by Gasteiger charge is 2.39. The SMILES string of the molecule is CCC(CC)(CN)C(=O)N1CCOC(c2ccccc2F)C1.Cl. The van der Waals surface area contributed by atoms with E-state index in [2.05, 4.69) is 0 Å². The standard InChI is InChI=1S/C17H25FN2O2.ClH/c1-3-17(4-2,12-19)16(21)20-9-10-22-15(11-20)13-7-5-6-8-14(13)18;/h5-8,15H,3-4,9-12,19H2,1-2H3;1H. The van der Waals surface area contributed by atoms with Crippen LogP contribution >= 0.6 is 12.4 Å². The molecule has 2 rings (SSSR count). The number of morpholine rings is 1. The maximum Gasteiger partial charge on any atom is 0.230 e. The van der Waals surface area contributed by atoms with Gasteiger partial charge in [-0.1, -0.05) is 32.0 Å². The number of nitrogens with two attached hydrogens (primary N) is 1. The van der Waals surface area contributed by atoms with Gasteiger partial charge in [0.05, 0.1) is 18.6 Å². The van der Waals surface area contributed by atoms with Crippen molar-refractivity contribution in [1.82, 2.24) is 4.90 Å². The van der Waals surface area contributed by atoms with Crippen molar-refractivity contribution in [3.05, 3.63) is 35.6 Å². The molecule has 6 heteroatoms. The number of benzene rings is 1. The summed E-state index contributed by atoms with van der Waals surface area (Å²) in [5.41, 5.74) is 5.86. The molecule has 1 amide bonds. The molecule has 0 aromatic heterocycles. The average Bonchev–Trinajstić information content (AvgIpc) is 2.57. The molecule has 130 valence electrons. The van der Waals surface area contributed by atoms with Gasteiger partial charge in [0.15, 0.2) is 0 Å². The van der Waals surface area contributed by atoms with Crippen LogP contribution in [0.2, 0.25) is 0 Å². The molecule has 0 bridgehead atoms. The van der Waals surface area contributed by atoms with E-state index >= 15 is 0 Å². The molecule has 4 nitrogen and oxygen atoms in total. The van der Waals surface area contributed by atoms with Gasteiger partial charge in [-0.25, -0.2) is 4.39 Å². The van der Waals surface area contributed by atoms with Gasteiger partial charge < -0.3 is 15.4 Å². The third-order valence-corrected chi connectivity index (χ3v) is 4.80. The van der Waals surface area contributed by atoms with Crippen molar-refractivity contribution in [3.8, 4) is 0 Å². The number of rotatable bonds is 5. The van der Waals surface area contributed by atoms with Gasteiger partial charge in [-0.3, -0.25) is 4.79 Å². The number of hydrogen-bond acceptors (Lipinski definition) is 3. The molecule has 1 unspecified atom stereocenters. The molecule has 1 aliphatic rings. The van der Waals surface area contributed by atoms with Gasteiger partial charge in [0.25, 0.3) is 0 Å². The van der Waals surface area contributed by atoms with Crippen molar-refractivity contribution in [3.63, 3.8) is 0 Å². The molecular weight excluding hydrogens is 319 g/mol. The molecule has 1 aromatic rings. The van der Waals surface area contributed by atoms with Crippen LogP contribution in [0.3, 0.4) is 0 Å². The Kier molecular flexibility index (Phi) is 7.45. The fourth-order valence-corrected chi connectivity index (χ4v) is 3.02. The van der Waals surface area contributed by atoms with Gasteiger partial charge in [-0.15, -0.1) is 12.4 Å². The van der Waals surface area contributed by atoms with Crippen LogP contribution in [-0.4, -0.2) is 37.0 Å². The second-order valence-electron chi connectivity index (χ2n) is 5.82. The van der Waals surface area contributed by atoms with Gasteiger partial charge in [-0.2, -0.15) is 0 Å². The van der Waals surface area contributed by atoms with Crippen molar-refractivity contribution < 1.29 is 13.9 Å². The van der Waals surface area contributed by atoms with Crippen molar-refractivity contribution in [2.24, 2.45) is 11.1 Å². The zero-order valence-corrected chi connectivity index (χ0v) is 14.6. The molecule has 0 saturated carbocycles. The van der Waals surface area contributed by atoms with E-state index in [0.29, 0.717) is 44.6 Å². The summed E-state index contributed by atoms with van der Waals surface area (Å²) in [6.07, 6.45) is 1.00. The number of amides is 1. The normalized spacial score (nSPS) is 18.4. The van der Waals surface area contributed by atoms with E-state index < -0.39 is 11.5 Å². The Labute approximate surface area is 143 Å². The molecule has 23 heavy (non-hydrogen) atoms. The molecular formula is C17H26ClFN2O2. The Balaban J connectivity index is 0.00000264. The van der Waals surface area contributed by atoms with Crippen molar-refractivity contribution in [2.45, 2.75) is 32.8 Å². The molecule has 1 fully saturated rings. The van der Waals surface area contributed by atoms with Crippen LogP contribution < -0.4 is 5.73 Å². The van der Waals surface area contributed by atoms with Gasteiger partial charge in [0.2, 0.25) is 5.91 Å². The lowest BCUT2D eigenvalue weighted by Crippen LogP contribution is -2.51. The van der Waals surface area contributed by atoms with Crippen LogP contribution in [0.5, 0.6) is 0 Å². The summed E-state index contributed by atoms with van der Waals surface area (Å²) < 4.78 is 19.6. The fourth-order valence-electron chi connectivity index (χ4n) is 3.02. The summed E-state index contributed by atoms with van der Waals surface area (Å²) in [5.74, 6) is -0.234. The Morgan fingerprint density at radius 1 is 1.39 bits per heavy atom. The smallest absolute Gasteiger partial charge is 0.230 e. The van der Waals surface area contributed by atoms with Crippen molar-refractivity contribution in [2.75, 3.05) is 26.2 Å². The highest BCUT2D eigenvalue weighted by molar-refractivity contribution is 5.85. The second kappa shape index (κ2) is 8.62. The summed E-state index contributed by atoms with van der Waals surface area (Å²) in [6.45, 7) is 5.64. The summed E-state index contributed by atoms with van der Waals surface area (Å²) >= 11 is 0. The first-order valence-corrected chi connectivity index (χ1v) is 7.93. The van der Waals surface area contributed by atoms with E-state index in [4.69, 9.17) is 10.5 Å². The Morgan fingerprint density at radius 2 is 2.04 bits per heavy atom. The summed E-state index contributed by atoms with van der Waals surface area (Å²) in [6, 6.07) is 6.56. The third kappa shape index (κ3) is 4.03. The zero-order chi connectivity index (χ0) is 16.2. The molecule has 1 aliphatic heterocycles. The van der Waals surface area contributed by atoms with Crippen LogP contribution in [0.4, 0.5) is 4.39 Å². The van der Waals surface area contributed by atoms with E-state index in [1.165, 1.54) is 6.07 Å². The monoisotopic (exact) mass is 344 g/mol. The molecule has 0 radical (unpaired) electrons. The Morgan fingerprint density at radius 3 is 2.61 bits per heavy atom. The fraction of sp³-hybridized carbons (Fsp3) is 0.588. The highest BCUT2D eigenvalue weighted by atomic mass is 35.5. The Bertz CT molecular complexity index is 515. The number of nitrogens with zero attached hydrogens (tertiary/aromatic N) is 1. The average molecular weight is 345 g/mol. The predicted molar refractivity (Wildman–Crippen MR) is 91.0 cm³/mol. The third-order valence-electron chi connectivity index (χ3n) is 4.80. The van der Waals surface area contributed by atoms with Crippen LogP contribution in [0, 0.1) is 11.2 Å². The maximum absolute atomic E-state index is 13.9. The first kappa shape index (κ1) is 19.9. The van der Waals surface area contributed by atoms with Crippen LogP contribution in [0.1, 0.15) is 38.4 Å². The molecule has 1 aromatic carbocycles.